The van der Waals surface area contributed by atoms with Crippen LogP contribution in [0, 0.1) is 5.92 Å². The van der Waals surface area contributed by atoms with Gasteiger partial charge in [-0.1, -0.05) is 12.2 Å². The number of hydrogen-bond donors (Lipinski definition) is 1. The van der Waals surface area contributed by atoms with Gasteiger partial charge in [0.1, 0.15) is 11.5 Å². The van der Waals surface area contributed by atoms with Gasteiger partial charge in [0.2, 0.25) is 0 Å². The van der Waals surface area contributed by atoms with Gasteiger partial charge in [-0.15, -0.1) is 0 Å². The first-order chi connectivity index (χ1) is 14.1. The van der Waals surface area contributed by atoms with Gasteiger partial charge < -0.3 is 19.3 Å². The Balaban J connectivity index is 1.84. The van der Waals surface area contributed by atoms with Crippen LogP contribution in [0.2, 0.25) is 0 Å². The normalized spacial score (nSPS) is 20.3. The van der Waals surface area contributed by atoms with Crippen LogP contribution in [0.4, 0.5) is 18.9 Å². The van der Waals surface area contributed by atoms with Crippen LogP contribution in [0.5, 0.6) is 0 Å². The van der Waals surface area contributed by atoms with E-state index in [1.165, 1.54) is 11.0 Å². The van der Waals surface area contributed by atoms with Crippen LogP contribution in [0.15, 0.2) is 36.1 Å². The zero-order chi connectivity index (χ0) is 21.7. The molecule has 1 fully saturated rings. The van der Waals surface area contributed by atoms with E-state index in [0.29, 0.717) is 29.3 Å². The first-order valence-corrected chi connectivity index (χ1v) is 10.1. The van der Waals surface area contributed by atoms with Crippen molar-refractivity contribution >= 4 is 16.7 Å². The molecule has 30 heavy (non-hydrogen) atoms. The van der Waals surface area contributed by atoms with Gasteiger partial charge in [0, 0.05) is 44.5 Å². The van der Waals surface area contributed by atoms with Crippen molar-refractivity contribution in [2.75, 3.05) is 24.7 Å². The summed E-state index contributed by atoms with van der Waals surface area (Å²) in [5.41, 5.74) is 0.0648. The first kappa shape index (κ1) is 20.9. The van der Waals surface area contributed by atoms with E-state index in [-0.39, 0.29) is 6.54 Å². The molecule has 0 amide bonds. The van der Waals surface area contributed by atoms with Crippen LogP contribution in [0.1, 0.15) is 31.7 Å². The van der Waals surface area contributed by atoms with E-state index in [2.05, 4.69) is 0 Å². The Hall–Kier alpha value is -2.32. The highest BCUT2D eigenvalue weighted by Crippen LogP contribution is 2.40. The fourth-order valence-corrected chi connectivity index (χ4v) is 4.16. The molecule has 1 atom stereocenters. The zero-order valence-corrected chi connectivity index (χ0v) is 17.3. The maximum atomic E-state index is 13.7. The summed E-state index contributed by atoms with van der Waals surface area (Å²) in [6.07, 6.45) is 1.37. The Kier molecular flexibility index (Phi) is 5.18. The summed E-state index contributed by atoms with van der Waals surface area (Å²) in [5, 5.41) is 10.8. The number of benzene rings is 1. The van der Waals surface area contributed by atoms with E-state index in [4.69, 9.17) is 9.72 Å². The van der Waals surface area contributed by atoms with Crippen LogP contribution in [-0.4, -0.2) is 40.6 Å². The van der Waals surface area contributed by atoms with Crippen molar-refractivity contribution in [3.05, 3.63) is 47.4 Å². The molecule has 8 heteroatoms. The molecule has 2 aliphatic rings. The Morgan fingerprint density at radius 2 is 2.03 bits per heavy atom. The second-order valence-corrected chi connectivity index (χ2v) is 8.53. The van der Waals surface area contributed by atoms with Crippen molar-refractivity contribution in [3.63, 3.8) is 0 Å². The molecule has 5 nitrogen and oxygen atoms in total. The van der Waals surface area contributed by atoms with Crippen molar-refractivity contribution in [3.8, 4) is 0 Å². The van der Waals surface area contributed by atoms with Crippen molar-refractivity contribution < 1.29 is 23.0 Å². The Morgan fingerprint density at radius 1 is 1.27 bits per heavy atom. The average Bonchev–Trinajstić information content (AvgIpc) is 3.28. The second kappa shape index (κ2) is 7.42. The summed E-state index contributed by atoms with van der Waals surface area (Å²) >= 11 is 0. The Bertz CT molecular complexity index is 1010. The standard InChI is InChI=1S/C22H26F3N3O2/c1-21(2,29)15-11-16-18(27(3)20(26-16)10-14-7-9-30-13-14)12-17(15)28-8-5-4-6-19(28)22(23,24)25/h4-6,11-12,14,29H,7-10,13H2,1-3H3. The summed E-state index contributed by atoms with van der Waals surface area (Å²) in [4.78, 5) is 5.94. The number of alkyl halides is 3. The highest BCUT2D eigenvalue weighted by Gasteiger charge is 2.40. The average molecular weight is 421 g/mol. The summed E-state index contributed by atoms with van der Waals surface area (Å²) in [5.74, 6) is 1.25. The molecule has 0 bridgehead atoms. The maximum Gasteiger partial charge on any atom is 0.431 e. The molecule has 0 radical (unpaired) electrons. The van der Waals surface area contributed by atoms with E-state index < -0.39 is 17.5 Å². The number of aliphatic hydroxyl groups is 1. The van der Waals surface area contributed by atoms with Crippen molar-refractivity contribution in [1.82, 2.24) is 9.55 Å². The summed E-state index contributed by atoms with van der Waals surface area (Å²) < 4.78 is 48.5. The third-order valence-electron chi connectivity index (χ3n) is 5.80. The number of allylic oxidation sites excluding steroid dienone is 3. The van der Waals surface area contributed by atoms with E-state index in [9.17, 15) is 18.3 Å². The number of anilines is 1. The molecule has 0 saturated carbocycles. The van der Waals surface area contributed by atoms with Gasteiger partial charge in [-0.2, -0.15) is 13.2 Å². The second-order valence-electron chi connectivity index (χ2n) is 8.53. The van der Waals surface area contributed by atoms with Gasteiger partial charge in [-0.3, -0.25) is 0 Å². The third kappa shape index (κ3) is 3.86. The zero-order valence-electron chi connectivity index (χ0n) is 17.3. The molecule has 2 aliphatic heterocycles. The summed E-state index contributed by atoms with van der Waals surface area (Å²) in [6.45, 7) is 4.67. The number of rotatable bonds is 4. The molecule has 1 aromatic carbocycles. The third-order valence-corrected chi connectivity index (χ3v) is 5.80. The molecule has 0 spiro atoms. The van der Waals surface area contributed by atoms with Gasteiger partial charge in [-0.25, -0.2) is 4.98 Å². The molecule has 162 valence electrons. The highest BCUT2D eigenvalue weighted by molar-refractivity contribution is 5.84. The van der Waals surface area contributed by atoms with Gasteiger partial charge in [-0.05, 0) is 44.4 Å². The van der Waals surface area contributed by atoms with E-state index in [1.54, 1.807) is 32.1 Å². The SMILES string of the molecule is Cn1c(CC2CCOC2)nc2cc(C(C)(C)O)c(N3CC=CC=C3C(F)(F)F)cc21. The van der Waals surface area contributed by atoms with E-state index in [1.807, 2.05) is 11.6 Å². The number of ether oxygens (including phenoxy) is 1. The van der Waals surface area contributed by atoms with Crippen LogP contribution in [0.25, 0.3) is 11.0 Å². The smallest absolute Gasteiger partial charge is 0.386 e. The molecule has 1 aromatic heterocycles. The summed E-state index contributed by atoms with van der Waals surface area (Å²) in [7, 11) is 1.88. The molecule has 0 aliphatic carbocycles. The number of hydrogen-bond acceptors (Lipinski definition) is 4. The van der Waals surface area contributed by atoms with Gasteiger partial charge in [0.25, 0.3) is 0 Å². The predicted molar refractivity (Wildman–Crippen MR) is 109 cm³/mol. The lowest BCUT2D eigenvalue weighted by Gasteiger charge is -2.33. The van der Waals surface area contributed by atoms with Gasteiger partial charge >= 0.3 is 6.18 Å². The minimum absolute atomic E-state index is 0.0735. The minimum atomic E-state index is -4.50. The van der Waals surface area contributed by atoms with Gasteiger partial charge in [0.05, 0.1) is 16.6 Å². The molecular weight excluding hydrogens is 395 g/mol. The molecule has 1 unspecified atom stereocenters. The molecule has 1 N–H and O–H groups in total. The summed E-state index contributed by atoms with van der Waals surface area (Å²) in [6, 6.07) is 3.43. The Labute approximate surface area is 173 Å². The van der Waals surface area contributed by atoms with E-state index >= 15 is 0 Å². The number of fused-ring (bicyclic) bond motifs is 1. The Morgan fingerprint density at radius 3 is 2.67 bits per heavy atom. The lowest BCUT2D eigenvalue weighted by Crippen LogP contribution is -2.35. The minimum Gasteiger partial charge on any atom is -0.386 e. The molecule has 2 aromatic rings. The van der Waals surface area contributed by atoms with Crippen molar-refractivity contribution in [1.29, 1.82) is 0 Å². The topological polar surface area (TPSA) is 50.5 Å². The van der Waals surface area contributed by atoms with Crippen LogP contribution in [0.3, 0.4) is 0 Å². The maximum absolute atomic E-state index is 13.7. The van der Waals surface area contributed by atoms with Crippen LogP contribution >= 0.6 is 0 Å². The molecular formula is C22H26F3N3O2. The lowest BCUT2D eigenvalue weighted by molar-refractivity contribution is -0.0934. The fourth-order valence-electron chi connectivity index (χ4n) is 4.16. The number of imidazole rings is 1. The monoisotopic (exact) mass is 421 g/mol. The number of nitrogens with zero attached hydrogens (tertiary/aromatic N) is 3. The van der Waals surface area contributed by atoms with Gasteiger partial charge in [0.15, 0.2) is 0 Å². The van der Waals surface area contributed by atoms with Crippen molar-refractivity contribution in [2.45, 2.75) is 38.5 Å². The largest absolute Gasteiger partial charge is 0.431 e. The number of aryl methyl sites for hydroxylation is 1. The predicted octanol–water partition coefficient (Wildman–Crippen LogP) is 4.20. The van der Waals surface area contributed by atoms with Crippen LogP contribution in [-0.2, 0) is 23.8 Å². The highest BCUT2D eigenvalue weighted by atomic mass is 19.4. The van der Waals surface area contributed by atoms with Crippen LogP contribution < -0.4 is 4.90 Å². The molecule has 4 rings (SSSR count). The number of halogens is 3. The quantitative estimate of drug-likeness (QED) is 0.804. The van der Waals surface area contributed by atoms with E-state index in [0.717, 1.165) is 36.9 Å². The first-order valence-electron chi connectivity index (χ1n) is 10.1. The lowest BCUT2D eigenvalue weighted by atomic mass is 9.94. The fraction of sp³-hybridized carbons (Fsp3) is 0.500. The molecule has 3 heterocycles. The van der Waals surface area contributed by atoms with Crippen molar-refractivity contribution in [2.24, 2.45) is 13.0 Å². The number of aromatic nitrogens is 2. The molecule has 1 saturated heterocycles.